The SMILES string of the molecule is CCNC(=NCCS(=O)(=O)CC)N1CCN(c2ccccc2O)CC1. The zero-order valence-electron chi connectivity index (χ0n) is 15.0. The summed E-state index contributed by atoms with van der Waals surface area (Å²) >= 11 is 0. The van der Waals surface area contributed by atoms with E-state index >= 15 is 0 Å². The van der Waals surface area contributed by atoms with E-state index in [0.717, 1.165) is 44.4 Å². The third kappa shape index (κ3) is 5.52. The topological polar surface area (TPSA) is 85.2 Å². The number of aromatic hydroxyl groups is 1. The van der Waals surface area contributed by atoms with Gasteiger partial charge in [-0.2, -0.15) is 0 Å². The van der Waals surface area contributed by atoms with Crippen LogP contribution in [0.25, 0.3) is 0 Å². The molecule has 0 atom stereocenters. The van der Waals surface area contributed by atoms with Crippen LogP contribution in [0.5, 0.6) is 5.75 Å². The summed E-state index contributed by atoms with van der Waals surface area (Å²) in [4.78, 5) is 8.76. The molecule has 8 heteroatoms. The number of benzene rings is 1. The number of phenols is 1. The maximum absolute atomic E-state index is 11.6. The van der Waals surface area contributed by atoms with Gasteiger partial charge < -0.3 is 20.2 Å². The molecule has 0 spiro atoms. The van der Waals surface area contributed by atoms with Crippen LogP contribution in [0, 0.1) is 0 Å². The summed E-state index contributed by atoms with van der Waals surface area (Å²) in [6.45, 7) is 7.74. The molecular weight excluding hydrogens is 340 g/mol. The summed E-state index contributed by atoms with van der Waals surface area (Å²) in [6.07, 6.45) is 0. The smallest absolute Gasteiger partial charge is 0.194 e. The average Bonchev–Trinajstić information content (AvgIpc) is 2.62. The van der Waals surface area contributed by atoms with Gasteiger partial charge in [0.15, 0.2) is 15.8 Å². The highest BCUT2D eigenvalue weighted by molar-refractivity contribution is 7.91. The van der Waals surface area contributed by atoms with Crippen molar-refractivity contribution in [3.8, 4) is 5.75 Å². The van der Waals surface area contributed by atoms with Gasteiger partial charge in [-0.1, -0.05) is 19.1 Å². The molecule has 0 amide bonds. The highest BCUT2D eigenvalue weighted by atomic mass is 32.2. The van der Waals surface area contributed by atoms with Crippen LogP contribution in [0.2, 0.25) is 0 Å². The number of aliphatic imine (C=N–C) groups is 1. The molecule has 0 aliphatic carbocycles. The molecule has 0 radical (unpaired) electrons. The van der Waals surface area contributed by atoms with E-state index in [0.29, 0.717) is 5.75 Å². The lowest BCUT2D eigenvalue weighted by atomic mass is 10.2. The van der Waals surface area contributed by atoms with Crippen molar-refractivity contribution in [3.63, 3.8) is 0 Å². The monoisotopic (exact) mass is 368 g/mol. The summed E-state index contributed by atoms with van der Waals surface area (Å²) in [7, 11) is -3.00. The lowest BCUT2D eigenvalue weighted by Crippen LogP contribution is -2.52. The lowest BCUT2D eigenvalue weighted by Gasteiger charge is -2.37. The molecule has 2 N–H and O–H groups in total. The van der Waals surface area contributed by atoms with Gasteiger partial charge in [0, 0.05) is 38.5 Å². The second-order valence-corrected chi connectivity index (χ2v) is 8.41. The minimum Gasteiger partial charge on any atom is -0.506 e. The van der Waals surface area contributed by atoms with Crippen molar-refractivity contribution in [1.82, 2.24) is 10.2 Å². The van der Waals surface area contributed by atoms with Gasteiger partial charge in [0.1, 0.15) is 5.75 Å². The Balaban J connectivity index is 1.96. The number of nitrogens with one attached hydrogen (secondary N) is 1. The fraction of sp³-hybridized carbons (Fsp3) is 0.588. The number of anilines is 1. The van der Waals surface area contributed by atoms with E-state index in [9.17, 15) is 13.5 Å². The summed E-state index contributed by atoms with van der Waals surface area (Å²) in [6, 6.07) is 7.35. The predicted molar refractivity (Wildman–Crippen MR) is 102 cm³/mol. The second kappa shape index (κ2) is 8.94. The number of hydrogen-bond acceptors (Lipinski definition) is 5. The highest BCUT2D eigenvalue weighted by Gasteiger charge is 2.21. The lowest BCUT2D eigenvalue weighted by molar-refractivity contribution is 0.370. The Hall–Kier alpha value is -1.96. The van der Waals surface area contributed by atoms with Crippen LogP contribution in [0.1, 0.15) is 13.8 Å². The van der Waals surface area contributed by atoms with E-state index in [-0.39, 0.29) is 18.1 Å². The summed E-state index contributed by atoms with van der Waals surface area (Å²) in [5, 5.41) is 13.2. The number of piperazine rings is 1. The van der Waals surface area contributed by atoms with Crippen LogP contribution in [0.3, 0.4) is 0 Å². The van der Waals surface area contributed by atoms with Crippen LogP contribution in [-0.2, 0) is 9.84 Å². The molecule has 25 heavy (non-hydrogen) atoms. The van der Waals surface area contributed by atoms with Crippen LogP contribution >= 0.6 is 0 Å². The van der Waals surface area contributed by atoms with Gasteiger partial charge in [0.2, 0.25) is 0 Å². The van der Waals surface area contributed by atoms with Gasteiger partial charge in [-0.15, -0.1) is 0 Å². The third-order valence-electron chi connectivity index (χ3n) is 4.24. The molecule has 0 saturated carbocycles. The average molecular weight is 369 g/mol. The van der Waals surface area contributed by atoms with Crippen molar-refractivity contribution in [3.05, 3.63) is 24.3 Å². The largest absolute Gasteiger partial charge is 0.506 e. The summed E-state index contributed by atoms with van der Waals surface area (Å²) < 4.78 is 23.2. The first-order valence-corrected chi connectivity index (χ1v) is 10.6. The van der Waals surface area contributed by atoms with Crippen molar-refractivity contribution < 1.29 is 13.5 Å². The van der Waals surface area contributed by atoms with E-state index in [1.807, 2.05) is 25.1 Å². The third-order valence-corrected chi connectivity index (χ3v) is 5.92. The molecule has 0 unspecified atom stereocenters. The number of phenolic OH excluding ortho intramolecular Hbond substituents is 1. The second-order valence-electron chi connectivity index (χ2n) is 5.93. The van der Waals surface area contributed by atoms with Crippen molar-refractivity contribution in [2.45, 2.75) is 13.8 Å². The fourth-order valence-corrected chi connectivity index (χ4v) is 3.41. The number of para-hydroxylation sites is 2. The van der Waals surface area contributed by atoms with Crippen molar-refractivity contribution >= 4 is 21.5 Å². The molecule has 1 heterocycles. The zero-order valence-corrected chi connectivity index (χ0v) is 15.8. The van der Waals surface area contributed by atoms with Crippen LogP contribution < -0.4 is 10.2 Å². The maximum Gasteiger partial charge on any atom is 0.194 e. The molecule has 1 fully saturated rings. The van der Waals surface area contributed by atoms with Gasteiger partial charge in [-0.25, -0.2) is 8.42 Å². The molecule has 1 aromatic rings. The molecule has 140 valence electrons. The van der Waals surface area contributed by atoms with Gasteiger partial charge in [0.05, 0.1) is 18.0 Å². The van der Waals surface area contributed by atoms with Gasteiger partial charge in [-0.05, 0) is 19.1 Å². The van der Waals surface area contributed by atoms with Crippen molar-refractivity contribution in [2.75, 3.05) is 55.7 Å². The van der Waals surface area contributed by atoms with Crippen molar-refractivity contribution in [1.29, 1.82) is 0 Å². The Bertz CT molecular complexity index is 683. The highest BCUT2D eigenvalue weighted by Crippen LogP contribution is 2.27. The van der Waals surface area contributed by atoms with E-state index in [2.05, 4.69) is 20.1 Å². The van der Waals surface area contributed by atoms with Crippen LogP contribution in [-0.4, -0.2) is 75.2 Å². The molecule has 1 aliphatic heterocycles. The Morgan fingerprint density at radius 1 is 1.20 bits per heavy atom. The molecule has 0 aromatic heterocycles. The first-order chi connectivity index (χ1) is 12.0. The zero-order chi connectivity index (χ0) is 18.3. The normalized spacial score (nSPS) is 16.2. The fourth-order valence-electron chi connectivity index (χ4n) is 2.75. The Morgan fingerprint density at radius 2 is 1.88 bits per heavy atom. The minimum atomic E-state index is -3.00. The van der Waals surface area contributed by atoms with Crippen LogP contribution in [0.4, 0.5) is 5.69 Å². The Morgan fingerprint density at radius 3 is 2.48 bits per heavy atom. The van der Waals surface area contributed by atoms with E-state index in [4.69, 9.17) is 0 Å². The Kier molecular flexibility index (Phi) is 6.92. The molecular formula is C17H28N4O3S. The molecule has 1 aliphatic rings. The number of guanidine groups is 1. The molecule has 1 saturated heterocycles. The minimum absolute atomic E-state index is 0.0796. The van der Waals surface area contributed by atoms with E-state index in [1.54, 1.807) is 13.0 Å². The molecule has 0 bridgehead atoms. The van der Waals surface area contributed by atoms with Gasteiger partial charge in [0.25, 0.3) is 0 Å². The van der Waals surface area contributed by atoms with E-state index < -0.39 is 9.84 Å². The summed E-state index contributed by atoms with van der Waals surface area (Å²) in [5.74, 6) is 1.28. The van der Waals surface area contributed by atoms with Crippen molar-refractivity contribution in [2.24, 2.45) is 4.99 Å². The first-order valence-electron chi connectivity index (χ1n) is 8.73. The van der Waals surface area contributed by atoms with E-state index in [1.165, 1.54) is 0 Å². The first kappa shape index (κ1) is 19.4. The number of hydrogen-bond donors (Lipinski definition) is 2. The van der Waals surface area contributed by atoms with Gasteiger partial charge >= 0.3 is 0 Å². The number of rotatable bonds is 6. The Labute approximate surface area is 150 Å². The van der Waals surface area contributed by atoms with Crippen LogP contribution in [0.15, 0.2) is 29.3 Å². The standard InChI is InChI=1S/C17H28N4O3S/c1-3-18-17(19-9-14-25(23,24)4-2)21-12-10-20(11-13-21)15-7-5-6-8-16(15)22/h5-8,22H,3-4,9-14H2,1-2H3,(H,18,19). The predicted octanol–water partition coefficient (Wildman–Crippen LogP) is 0.914. The number of sulfone groups is 1. The number of nitrogens with zero attached hydrogens (tertiary/aromatic N) is 3. The summed E-state index contributed by atoms with van der Waals surface area (Å²) in [5.41, 5.74) is 0.845. The molecule has 1 aromatic carbocycles. The molecule has 7 nitrogen and oxygen atoms in total. The molecule has 2 rings (SSSR count). The quantitative estimate of drug-likeness (QED) is 0.574. The maximum atomic E-state index is 11.6. The van der Waals surface area contributed by atoms with Gasteiger partial charge in [-0.3, -0.25) is 4.99 Å².